The van der Waals surface area contributed by atoms with Crippen LogP contribution in [0.2, 0.25) is 0 Å². The van der Waals surface area contributed by atoms with E-state index in [1.807, 2.05) is 51.1 Å². The highest BCUT2D eigenvalue weighted by atomic mass is 16.4. The minimum absolute atomic E-state index is 0.254. The first-order valence-corrected chi connectivity index (χ1v) is 9.46. The number of amides is 1. The van der Waals surface area contributed by atoms with Gasteiger partial charge in [0.25, 0.3) is 5.91 Å². The third-order valence-corrected chi connectivity index (χ3v) is 4.73. The Hall–Kier alpha value is -3.41. The topological polar surface area (TPSA) is 84.2 Å². The molecule has 1 amide bonds. The zero-order chi connectivity index (χ0) is 21.2. The molecule has 1 unspecified atom stereocenters. The summed E-state index contributed by atoms with van der Waals surface area (Å²) in [5, 5.41) is 16.7. The van der Waals surface area contributed by atoms with E-state index in [0.717, 1.165) is 5.69 Å². The van der Waals surface area contributed by atoms with Gasteiger partial charge in [-0.05, 0) is 36.8 Å². The Labute approximate surface area is 170 Å². The van der Waals surface area contributed by atoms with Gasteiger partial charge in [-0.3, -0.25) is 9.59 Å². The third-order valence-electron chi connectivity index (χ3n) is 4.73. The maximum absolute atomic E-state index is 13.0. The second-order valence-electron chi connectivity index (χ2n) is 8.06. The van der Waals surface area contributed by atoms with E-state index in [9.17, 15) is 9.59 Å². The number of carboxylic acid groups (broad SMARTS) is 1. The van der Waals surface area contributed by atoms with Gasteiger partial charge in [0.15, 0.2) is 0 Å². The number of anilines is 1. The number of benzene rings is 2. The highest BCUT2D eigenvalue weighted by Crippen LogP contribution is 2.27. The molecule has 0 saturated heterocycles. The number of nitrogens with one attached hydrogen (secondary N) is 1. The van der Waals surface area contributed by atoms with Crippen LogP contribution in [0.5, 0.6) is 0 Å². The number of hydrogen-bond donors (Lipinski definition) is 2. The van der Waals surface area contributed by atoms with Gasteiger partial charge in [-0.15, -0.1) is 0 Å². The SMILES string of the molecule is CC(C(=O)O)c1ccc(NC(=O)c2cn(-c3ccccc3)nc2C(C)(C)C)cc1. The molecule has 2 aromatic carbocycles. The number of hydrogen-bond acceptors (Lipinski definition) is 3. The zero-order valence-electron chi connectivity index (χ0n) is 17.0. The van der Waals surface area contributed by atoms with E-state index in [4.69, 9.17) is 5.11 Å². The van der Waals surface area contributed by atoms with Crippen molar-refractivity contribution in [2.45, 2.75) is 39.0 Å². The molecule has 6 nitrogen and oxygen atoms in total. The molecule has 0 aliphatic carbocycles. The van der Waals surface area contributed by atoms with Crippen LogP contribution in [0.15, 0.2) is 60.8 Å². The van der Waals surface area contributed by atoms with Crippen molar-refractivity contribution in [2.24, 2.45) is 0 Å². The molecule has 0 bridgehead atoms. The van der Waals surface area contributed by atoms with E-state index in [0.29, 0.717) is 22.5 Å². The van der Waals surface area contributed by atoms with Crippen molar-refractivity contribution < 1.29 is 14.7 Å². The van der Waals surface area contributed by atoms with Gasteiger partial charge < -0.3 is 10.4 Å². The summed E-state index contributed by atoms with van der Waals surface area (Å²) >= 11 is 0. The summed E-state index contributed by atoms with van der Waals surface area (Å²) in [6.07, 6.45) is 1.74. The Bertz CT molecular complexity index is 1020. The number of para-hydroxylation sites is 1. The lowest BCUT2D eigenvalue weighted by molar-refractivity contribution is -0.138. The van der Waals surface area contributed by atoms with E-state index in [2.05, 4.69) is 10.4 Å². The van der Waals surface area contributed by atoms with Gasteiger partial charge in [0.1, 0.15) is 0 Å². The first kappa shape index (κ1) is 20.3. The van der Waals surface area contributed by atoms with Crippen LogP contribution in [0.4, 0.5) is 5.69 Å². The molecule has 0 aliphatic rings. The molecule has 0 radical (unpaired) electrons. The largest absolute Gasteiger partial charge is 0.481 e. The molecule has 0 aliphatic heterocycles. The standard InChI is InChI=1S/C23H25N3O3/c1-15(22(28)29)16-10-12-17(13-11-16)24-21(27)19-14-26(18-8-6-5-7-9-18)25-20(19)23(2,3)4/h5-15H,1-4H3,(H,24,27)(H,28,29). The minimum atomic E-state index is -0.884. The highest BCUT2D eigenvalue weighted by molar-refractivity contribution is 6.05. The number of aromatic nitrogens is 2. The van der Waals surface area contributed by atoms with E-state index >= 15 is 0 Å². The van der Waals surface area contributed by atoms with Crippen molar-refractivity contribution >= 4 is 17.6 Å². The highest BCUT2D eigenvalue weighted by Gasteiger charge is 2.26. The van der Waals surface area contributed by atoms with Gasteiger partial charge in [0.05, 0.1) is 22.9 Å². The van der Waals surface area contributed by atoms with Crippen molar-refractivity contribution in [3.05, 3.63) is 77.6 Å². The number of carbonyl (C=O) groups is 2. The first-order valence-electron chi connectivity index (χ1n) is 9.46. The summed E-state index contributed by atoms with van der Waals surface area (Å²) in [5.41, 5.74) is 3.06. The molecule has 1 atom stereocenters. The molecule has 1 heterocycles. The summed E-state index contributed by atoms with van der Waals surface area (Å²) in [6.45, 7) is 7.68. The predicted octanol–water partition coefficient (Wildman–Crippen LogP) is 4.61. The van der Waals surface area contributed by atoms with Crippen molar-refractivity contribution in [1.82, 2.24) is 9.78 Å². The van der Waals surface area contributed by atoms with E-state index in [1.165, 1.54) is 0 Å². The monoisotopic (exact) mass is 391 g/mol. The summed E-state index contributed by atoms with van der Waals surface area (Å²) < 4.78 is 1.72. The average molecular weight is 391 g/mol. The fourth-order valence-corrected chi connectivity index (χ4v) is 3.00. The Balaban J connectivity index is 1.88. The van der Waals surface area contributed by atoms with E-state index in [-0.39, 0.29) is 11.3 Å². The van der Waals surface area contributed by atoms with Crippen LogP contribution < -0.4 is 5.32 Å². The minimum Gasteiger partial charge on any atom is -0.481 e. The molecular formula is C23H25N3O3. The molecule has 0 spiro atoms. The fourth-order valence-electron chi connectivity index (χ4n) is 3.00. The van der Waals surface area contributed by atoms with Crippen molar-refractivity contribution in [2.75, 3.05) is 5.32 Å². The first-order chi connectivity index (χ1) is 13.7. The second-order valence-corrected chi connectivity index (χ2v) is 8.06. The summed E-state index contributed by atoms with van der Waals surface area (Å²) in [7, 11) is 0. The number of aliphatic carboxylic acids is 1. The van der Waals surface area contributed by atoms with Crippen LogP contribution in [0.25, 0.3) is 5.69 Å². The molecule has 2 N–H and O–H groups in total. The van der Waals surface area contributed by atoms with Gasteiger partial charge in [0, 0.05) is 17.3 Å². The Morgan fingerprint density at radius 2 is 1.66 bits per heavy atom. The fraction of sp³-hybridized carbons (Fsp3) is 0.261. The van der Waals surface area contributed by atoms with Gasteiger partial charge in [0.2, 0.25) is 0 Å². The molecule has 150 valence electrons. The summed E-state index contributed by atoms with van der Waals surface area (Å²) in [6, 6.07) is 16.5. The van der Waals surface area contributed by atoms with Crippen LogP contribution in [-0.2, 0) is 10.2 Å². The smallest absolute Gasteiger partial charge is 0.310 e. The lowest BCUT2D eigenvalue weighted by Gasteiger charge is -2.17. The Morgan fingerprint density at radius 3 is 2.21 bits per heavy atom. The lowest BCUT2D eigenvalue weighted by Crippen LogP contribution is -2.20. The lowest BCUT2D eigenvalue weighted by atomic mass is 9.89. The number of carboxylic acids is 1. The third kappa shape index (κ3) is 4.54. The Kier molecular flexibility index (Phi) is 5.55. The molecule has 1 aromatic heterocycles. The van der Waals surface area contributed by atoms with Crippen molar-refractivity contribution in [3.8, 4) is 5.69 Å². The zero-order valence-corrected chi connectivity index (χ0v) is 17.0. The number of rotatable bonds is 5. The van der Waals surface area contributed by atoms with Crippen molar-refractivity contribution in [1.29, 1.82) is 0 Å². The second kappa shape index (κ2) is 7.91. The number of nitrogens with zero attached hydrogens (tertiary/aromatic N) is 2. The quantitative estimate of drug-likeness (QED) is 0.665. The van der Waals surface area contributed by atoms with Crippen LogP contribution >= 0.6 is 0 Å². The Morgan fingerprint density at radius 1 is 1.03 bits per heavy atom. The maximum Gasteiger partial charge on any atom is 0.310 e. The van der Waals surface area contributed by atoms with Crippen LogP contribution in [0.3, 0.4) is 0 Å². The molecule has 3 aromatic rings. The average Bonchev–Trinajstić information content (AvgIpc) is 3.15. The van der Waals surface area contributed by atoms with Gasteiger partial charge in [-0.2, -0.15) is 5.10 Å². The van der Waals surface area contributed by atoms with Crippen LogP contribution in [0.1, 0.15) is 55.2 Å². The summed E-state index contributed by atoms with van der Waals surface area (Å²) in [5.74, 6) is -1.74. The molecule has 3 rings (SSSR count). The number of carbonyl (C=O) groups excluding carboxylic acids is 1. The molecule has 0 saturated carbocycles. The van der Waals surface area contributed by atoms with Crippen LogP contribution in [0, 0.1) is 0 Å². The summed E-state index contributed by atoms with van der Waals surface area (Å²) in [4.78, 5) is 24.1. The molecule has 29 heavy (non-hydrogen) atoms. The van der Waals surface area contributed by atoms with Crippen LogP contribution in [-0.4, -0.2) is 26.8 Å². The van der Waals surface area contributed by atoms with E-state index in [1.54, 1.807) is 42.1 Å². The van der Waals surface area contributed by atoms with Crippen molar-refractivity contribution in [3.63, 3.8) is 0 Å². The van der Waals surface area contributed by atoms with Gasteiger partial charge in [-0.1, -0.05) is 51.1 Å². The van der Waals surface area contributed by atoms with Gasteiger partial charge >= 0.3 is 5.97 Å². The van der Waals surface area contributed by atoms with Gasteiger partial charge in [-0.25, -0.2) is 4.68 Å². The molecule has 0 fully saturated rings. The normalized spacial score (nSPS) is 12.4. The maximum atomic E-state index is 13.0. The predicted molar refractivity (Wildman–Crippen MR) is 113 cm³/mol. The molecule has 6 heteroatoms. The molecular weight excluding hydrogens is 366 g/mol. The van der Waals surface area contributed by atoms with E-state index < -0.39 is 11.9 Å².